The minimum absolute atomic E-state index is 0.0142. The third-order valence-electron chi connectivity index (χ3n) is 2.88. The molecule has 0 saturated heterocycles. The molecule has 0 saturated carbocycles. The van der Waals surface area contributed by atoms with Crippen molar-refractivity contribution in [3.05, 3.63) is 60.4 Å². The molecule has 0 unspecified atom stereocenters. The lowest BCUT2D eigenvalue weighted by Crippen LogP contribution is -2.38. The Kier molecular flexibility index (Phi) is 5.12. The summed E-state index contributed by atoms with van der Waals surface area (Å²) in [6.45, 7) is 2.68. The summed E-state index contributed by atoms with van der Waals surface area (Å²) < 4.78 is 0. The fourth-order valence-corrected chi connectivity index (χ4v) is 1.89. The molecule has 0 fully saturated rings. The van der Waals surface area contributed by atoms with Gasteiger partial charge in [-0.2, -0.15) is 0 Å². The molecule has 2 N–H and O–H groups in total. The first-order chi connectivity index (χ1) is 9.74. The van der Waals surface area contributed by atoms with Crippen LogP contribution < -0.4 is 10.6 Å². The second-order valence-electron chi connectivity index (χ2n) is 4.75. The fourth-order valence-electron chi connectivity index (χ4n) is 1.89. The summed E-state index contributed by atoms with van der Waals surface area (Å²) in [5.41, 5.74) is 1.98. The van der Waals surface area contributed by atoms with Crippen molar-refractivity contribution in [1.82, 2.24) is 10.3 Å². The van der Waals surface area contributed by atoms with E-state index in [-0.39, 0.29) is 11.9 Å². The van der Waals surface area contributed by atoms with Crippen LogP contribution >= 0.6 is 0 Å². The Balaban J connectivity index is 1.74. The number of nitrogens with zero attached hydrogens (tertiary/aromatic N) is 1. The monoisotopic (exact) mass is 269 g/mol. The lowest BCUT2D eigenvalue weighted by molar-refractivity contribution is -0.120. The number of benzene rings is 1. The van der Waals surface area contributed by atoms with Crippen LogP contribution in [0.3, 0.4) is 0 Å². The Morgan fingerprint density at radius 2 is 2.00 bits per heavy atom. The van der Waals surface area contributed by atoms with Gasteiger partial charge in [0.15, 0.2) is 0 Å². The number of hydrogen-bond donors (Lipinski definition) is 2. The smallest absolute Gasteiger partial charge is 0.224 e. The Hall–Kier alpha value is -2.36. The van der Waals surface area contributed by atoms with Gasteiger partial charge < -0.3 is 10.6 Å². The molecule has 0 aliphatic carbocycles. The van der Waals surface area contributed by atoms with Crippen LogP contribution in [0.1, 0.15) is 12.5 Å². The van der Waals surface area contributed by atoms with E-state index < -0.39 is 0 Å². The van der Waals surface area contributed by atoms with E-state index in [4.69, 9.17) is 0 Å². The number of aromatic nitrogens is 1. The molecule has 0 aliphatic heterocycles. The van der Waals surface area contributed by atoms with Gasteiger partial charge in [0.2, 0.25) is 5.91 Å². The Morgan fingerprint density at radius 1 is 1.20 bits per heavy atom. The van der Waals surface area contributed by atoms with Crippen molar-refractivity contribution in [2.75, 3.05) is 11.9 Å². The highest BCUT2D eigenvalue weighted by Crippen LogP contribution is 2.04. The minimum Gasteiger partial charge on any atom is -0.383 e. The summed E-state index contributed by atoms with van der Waals surface area (Å²) in [6.07, 6.45) is 3.78. The van der Waals surface area contributed by atoms with Gasteiger partial charge in [0.25, 0.3) is 0 Å². The minimum atomic E-state index is 0.0142. The molecule has 1 atom stereocenters. The van der Waals surface area contributed by atoms with E-state index in [1.165, 1.54) is 0 Å². The Labute approximate surface area is 119 Å². The van der Waals surface area contributed by atoms with E-state index in [2.05, 4.69) is 15.6 Å². The fraction of sp³-hybridized carbons (Fsp3) is 0.250. The van der Waals surface area contributed by atoms with Crippen LogP contribution in [0.25, 0.3) is 0 Å². The Bertz CT molecular complexity index is 528. The van der Waals surface area contributed by atoms with Crippen molar-refractivity contribution in [2.45, 2.75) is 19.4 Å². The van der Waals surface area contributed by atoms with Gasteiger partial charge in [-0.1, -0.05) is 24.3 Å². The average Bonchev–Trinajstić information content (AvgIpc) is 2.47. The average molecular weight is 269 g/mol. The van der Waals surface area contributed by atoms with Crippen LogP contribution in [0.5, 0.6) is 0 Å². The van der Waals surface area contributed by atoms with E-state index in [1.807, 2.05) is 49.4 Å². The molecule has 0 radical (unpaired) electrons. The van der Waals surface area contributed by atoms with E-state index in [1.54, 1.807) is 12.4 Å². The molecular formula is C16H19N3O. The predicted molar refractivity (Wildman–Crippen MR) is 80.5 cm³/mol. The van der Waals surface area contributed by atoms with Gasteiger partial charge in [0.05, 0.1) is 6.42 Å². The number of carbonyl (C=O) groups excluding carboxylic acids is 1. The number of para-hydroxylation sites is 1. The largest absolute Gasteiger partial charge is 0.383 e. The van der Waals surface area contributed by atoms with Gasteiger partial charge in [-0.15, -0.1) is 0 Å². The number of pyridine rings is 1. The van der Waals surface area contributed by atoms with Crippen LogP contribution in [0.2, 0.25) is 0 Å². The van der Waals surface area contributed by atoms with Gasteiger partial charge in [0.1, 0.15) is 0 Å². The highest BCUT2D eigenvalue weighted by molar-refractivity contribution is 5.78. The second-order valence-corrected chi connectivity index (χ2v) is 4.75. The summed E-state index contributed by atoms with van der Waals surface area (Å²) in [7, 11) is 0. The first kappa shape index (κ1) is 14.1. The third kappa shape index (κ3) is 4.72. The molecule has 1 amide bonds. The van der Waals surface area contributed by atoms with Crippen molar-refractivity contribution in [3.8, 4) is 0 Å². The molecule has 2 aromatic rings. The van der Waals surface area contributed by atoms with Crippen molar-refractivity contribution in [1.29, 1.82) is 0 Å². The first-order valence-corrected chi connectivity index (χ1v) is 6.71. The highest BCUT2D eigenvalue weighted by atomic mass is 16.1. The van der Waals surface area contributed by atoms with Crippen LogP contribution in [-0.4, -0.2) is 23.5 Å². The zero-order valence-electron chi connectivity index (χ0n) is 11.5. The lowest BCUT2D eigenvalue weighted by Gasteiger charge is -2.15. The SMILES string of the molecule is C[C@@H](CNc1ccccc1)NC(=O)Cc1cccnc1. The van der Waals surface area contributed by atoms with E-state index in [0.29, 0.717) is 13.0 Å². The molecule has 0 aliphatic rings. The normalized spacial score (nSPS) is 11.7. The molecule has 2 rings (SSSR count). The number of nitrogens with one attached hydrogen (secondary N) is 2. The van der Waals surface area contributed by atoms with Crippen molar-refractivity contribution < 1.29 is 4.79 Å². The molecule has 1 heterocycles. The van der Waals surface area contributed by atoms with Crippen LogP contribution in [0.15, 0.2) is 54.9 Å². The van der Waals surface area contributed by atoms with Crippen molar-refractivity contribution in [3.63, 3.8) is 0 Å². The quantitative estimate of drug-likeness (QED) is 0.845. The molecule has 4 heteroatoms. The molecule has 1 aromatic carbocycles. The standard InChI is InChI=1S/C16H19N3O/c1-13(11-18-15-7-3-2-4-8-15)19-16(20)10-14-6-5-9-17-12-14/h2-9,12-13,18H,10-11H2,1H3,(H,19,20)/t13-/m0/s1. The van der Waals surface area contributed by atoms with Crippen molar-refractivity contribution >= 4 is 11.6 Å². The van der Waals surface area contributed by atoms with Gasteiger partial charge in [-0.3, -0.25) is 9.78 Å². The maximum Gasteiger partial charge on any atom is 0.224 e. The van der Waals surface area contributed by atoms with Gasteiger partial charge >= 0.3 is 0 Å². The maximum absolute atomic E-state index is 11.9. The summed E-state index contributed by atoms with van der Waals surface area (Å²) in [5.74, 6) is 0.0142. The summed E-state index contributed by atoms with van der Waals surface area (Å²) >= 11 is 0. The van der Waals surface area contributed by atoms with Crippen molar-refractivity contribution in [2.24, 2.45) is 0 Å². The van der Waals surface area contributed by atoms with Crippen LogP contribution in [-0.2, 0) is 11.2 Å². The van der Waals surface area contributed by atoms with E-state index in [9.17, 15) is 4.79 Å². The van der Waals surface area contributed by atoms with Crippen LogP contribution in [0, 0.1) is 0 Å². The number of hydrogen-bond acceptors (Lipinski definition) is 3. The molecule has 1 aromatic heterocycles. The number of rotatable bonds is 6. The number of anilines is 1. The van der Waals surface area contributed by atoms with E-state index in [0.717, 1.165) is 11.3 Å². The predicted octanol–water partition coefficient (Wildman–Crippen LogP) is 2.24. The van der Waals surface area contributed by atoms with Gasteiger partial charge in [-0.05, 0) is 30.7 Å². The lowest BCUT2D eigenvalue weighted by atomic mass is 10.2. The third-order valence-corrected chi connectivity index (χ3v) is 2.88. The highest BCUT2D eigenvalue weighted by Gasteiger charge is 2.08. The Morgan fingerprint density at radius 3 is 2.70 bits per heavy atom. The molecule has 104 valence electrons. The zero-order chi connectivity index (χ0) is 14.2. The molecule has 20 heavy (non-hydrogen) atoms. The topological polar surface area (TPSA) is 54.0 Å². The molecule has 0 spiro atoms. The summed E-state index contributed by atoms with van der Waals surface area (Å²) in [5, 5.41) is 6.26. The first-order valence-electron chi connectivity index (χ1n) is 6.71. The molecule has 4 nitrogen and oxygen atoms in total. The number of amides is 1. The van der Waals surface area contributed by atoms with E-state index >= 15 is 0 Å². The summed E-state index contributed by atoms with van der Waals surface area (Å²) in [4.78, 5) is 15.9. The van der Waals surface area contributed by atoms with Gasteiger partial charge in [0, 0.05) is 30.7 Å². The molecule has 0 bridgehead atoms. The molecular weight excluding hydrogens is 250 g/mol. The zero-order valence-corrected chi connectivity index (χ0v) is 11.5. The van der Waals surface area contributed by atoms with Gasteiger partial charge in [-0.25, -0.2) is 0 Å². The van der Waals surface area contributed by atoms with Crippen LogP contribution in [0.4, 0.5) is 5.69 Å². The second kappa shape index (κ2) is 7.28. The number of carbonyl (C=O) groups is 1. The maximum atomic E-state index is 11.9. The summed E-state index contributed by atoms with van der Waals surface area (Å²) in [6, 6.07) is 13.8.